The van der Waals surface area contributed by atoms with Crippen LogP contribution in [0.4, 0.5) is 16.3 Å². The zero-order valence-electron chi connectivity index (χ0n) is 12.2. The van der Waals surface area contributed by atoms with Gasteiger partial charge in [-0.05, 0) is 50.4 Å². The van der Waals surface area contributed by atoms with Gasteiger partial charge in [-0.15, -0.1) is 0 Å². The van der Waals surface area contributed by atoms with Gasteiger partial charge in [-0.3, -0.25) is 4.90 Å². The number of carbonyl (C=O) groups is 1. The number of benzene rings is 1. The Kier molecular flexibility index (Phi) is 3.53. The molecule has 2 aromatic rings. The molecule has 0 bridgehead atoms. The van der Waals surface area contributed by atoms with Crippen LogP contribution >= 0.6 is 0 Å². The zero-order valence-corrected chi connectivity index (χ0v) is 12.2. The molecular weight excluding hydrogens is 254 g/mol. The summed E-state index contributed by atoms with van der Waals surface area (Å²) < 4.78 is 5.35. The summed E-state index contributed by atoms with van der Waals surface area (Å²) >= 11 is 0. The Hall–Kier alpha value is -2.30. The monoisotopic (exact) mass is 273 g/mol. The number of pyridine rings is 1. The predicted octanol–water partition coefficient (Wildman–Crippen LogP) is 3.19. The minimum atomic E-state index is -0.541. The molecule has 0 saturated heterocycles. The van der Waals surface area contributed by atoms with E-state index in [1.54, 1.807) is 19.3 Å². The van der Waals surface area contributed by atoms with Crippen LogP contribution in [0.2, 0.25) is 0 Å². The largest absolute Gasteiger partial charge is 0.443 e. The molecule has 0 fully saturated rings. The number of carbonyl (C=O) groups excluding carboxylic acids is 1. The highest BCUT2D eigenvalue weighted by Crippen LogP contribution is 2.26. The van der Waals surface area contributed by atoms with Crippen molar-refractivity contribution in [3.05, 3.63) is 30.5 Å². The standard InChI is InChI=1S/C15H19N3O2/c1-15(2,3)20-14(19)18(4)13-12-6-5-11(16)9-10(12)7-8-17-13/h5-9H,16H2,1-4H3. The van der Waals surface area contributed by atoms with Gasteiger partial charge in [0.05, 0.1) is 0 Å². The Labute approximate surface area is 118 Å². The highest BCUT2D eigenvalue weighted by Gasteiger charge is 2.22. The molecule has 0 atom stereocenters. The Morgan fingerprint density at radius 3 is 2.65 bits per heavy atom. The molecule has 5 nitrogen and oxygen atoms in total. The molecular formula is C15H19N3O2. The SMILES string of the molecule is CN(C(=O)OC(C)(C)C)c1nccc2cc(N)ccc12. The fourth-order valence-corrected chi connectivity index (χ4v) is 1.86. The van der Waals surface area contributed by atoms with Crippen molar-refractivity contribution in [2.24, 2.45) is 0 Å². The molecule has 106 valence electrons. The number of ether oxygens (including phenoxy) is 1. The van der Waals surface area contributed by atoms with Gasteiger partial charge in [0.15, 0.2) is 0 Å². The lowest BCUT2D eigenvalue weighted by Gasteiger charge is -2.24. The summed E-state index contributed by atoms with van der Waals surface area (Å²) in [4.78, 5) is 17.8. The predicted molar refractivity (Wildman–Crippen MR) is 80.8 cm³/mol. The first-order chi connectivity index (χ1) is 9.28. The average Bonchev–Trinajstić information content (AvgIpc) is 2.34. The molecule has 20 heavy (non-hydrogen) atoms. The van der Waals surface area contributed by atoms with Gasteiger partial charge in [0, 0.05) is 24.3 Å². The Morgan fingerprint density at radius 2 is 2.00 bits per heavy atom. The molecule has 1 amide bonds. The maximum atomic E-state index is 12.1. The van der Waals surface area contributed by atoms with E-state index in [1.165, 1.54) is 4.90 Å². The third kappa shape index (κ3) is 2.99. The van der Waals surface area contributed by atoms with E-state index in [1.807, 2.05) is 39.0 Å². The van der Waals surface area contributed by atoms with Crippen molar-refractivity contribution >= 4 is 28.4 Å². The number of nitrogens with two attached hydrogens (primary N) is 1. The second kappa shape index (κ2) is 5.00. The molecule has 2 rings (SSSR count). The number of fused-ring (bicyclic) bond motifs is 1. The minimum absolute atomic E-state index is 0.436. The Bertz CT molecular complexity index is 647. The fourth-order valence-electron chi connectivity index (χ4n) is 1.86. The van der Waals surface area contributed by atoms with Gasteiger partial charge < -0.3 is 10.5 Å². The Balaban J connectivity index is 2.40. The highest BCUT2D eigenvalue weighted by molar-refractivity contribution is 6.00. The molecule has 0 aliphatic rings. The molecule has 0 unspecified atom stereocenters. The number of nitrogen functional groups attached to an aromatic ring is 1. The van der Waals surface area contributed by atoms with Crippen molar-refractivity contribution in [3.8, 4) is 0 Å². The number of aromatic nitrogens is 1. The second-order valence-electron chi connectivity index (χ2n) is 5.65. The number of amides is 1. The van der Waals surface area contributed by atoms with Crippen molar-refractivity contribution < 1.29 is 9.53 Å². The summed E-state index contributed by atoms with van der Waals surface area (Å²) in [6.07, 6.45) is 1.21. The first-order valence-electron chi connectivity index (χ1n) is 6.39. The second-order valence-corrected chi connectivity index (χ2v) is 5.65. The molecule has 2 N–H and O–H groups in total. The molecule has 1 aromatic carbocycles. The van der Waals surface area contributed by atoms with Crippen LogP contribution in [0.3, 0.4) is 0 Å². The molecule has 1 heterocycles. The summed E-state index contributed by atoms with van der Waals surface area (Å²) in [6, 6.07) is 7.35. The van der Waals surface area contributed by atoms with E-state index in [-0.39, 0.29) is 0 Å². The van der Waals surface area contributed by atoms with E-state index in [0.29, 0.717) is 11.5 Å². The van der Waals surface area contributed by atoms with Gasteiger partial charge in [-0.1, -0.05) is 0 Å². The van der Waals surface area contributed by atoms with Gasteiger partial charge in [0.2, 0.25) is 0 Å². The molecule has 0 aliphatic heterocycles. The number of anilines is 2. The van der Waals surface area contributed by atoms with Crippen molar-refractivity contribution in [1.29, 1.82) is 0 Å². The fraction of sp³-hybridized carbons (Fsp3) is 0.333. The average molecular weight is 273 g/mol. The van der Waals surface area contributed by atoms with E-state index >= 15 is 0 Å². The third-order valence-corrected chi connectivity index (χ3v) is 2.75. The van der Waals surface area contributed by atoms with Gasteiger partial charge in [-0.25, -0.2) is 9.78 Å². The lowest BCUT2D eigenvalue weighted by atomic mass is 10.1. The number of hydrogen-bond donors (Lipinski definition) is 1. The molecule has 0 saturated carbocycles. The van der Waals surface area contributed by atoms with E-state index < -0.39 is 11.7 Å². The molecule has 0 aliphatic carbocycles. The maximum absolute atomic E-state index is 12.1. The van der Waals surface area contributed by atoms with Crippen LogP contribution in [0.15, 0.2) is 30.5 Å². The van der Waals surface area contributed by atoms with Crippen LogP contribution in [0.25, 0.3) is 10.8 Å². The molecule has 0 spiro atoms. The zero-order chi connectivity index (χ0) is 14.9. The summed E-state index contributed by atoms with van der Waals surface area (Å²) in [6.45, 7) is 5.49. The van der Waals surface area contributed by atoms with Crippen molar-refractivity contribution in [3.63, 3.8) is 0 Å². The summed E-state index contributed by atoms with van der Waals surface area (Å²) in [7, 11) is 1.65. The van der Waals surface area contributed by atoms with Crippen LogP contribution < -0.4 is 10.6 Å². The highest BCUT2D eigenvalue weighted by atomic mass is 16.6. The minimum Gasteiger partial charge on any atom is -0.443 e. The first-order valence-corrected chi connectivity index (χ1v) is 6.39. The third-order valence-electron chi connectivity index (χ3n) is 2.75. The first kappa shape index (κ1) is 14.1. The number of nitrogens with zero attached hydrogens (tertiary/aromatic N) is 2. The van der Waals surface area contributed by atoms with Crippen molar-refractivity contribution in [2.45, 2.75) is 26.4 Å². The van der Waals surface area contributed by atoms with Crippen LogP contribution in [-0.4, -0.2) is 23.7 Å². The van der Waals surface area contributed by atoms with Gasteiger partial charge in [0.25, 0.3) is 0 Å². The molecule has 1 aromatic heterocycles. The van der Waals surface area contributed by atoms with Crippen LogP contribution in [0.1, 0.15) is 20.8 Å². The van der Waals surface area contributed by atoms with Crippen LogP contribution in [0, 0.1) is 0 Å². The normalized spacial score (nSPS) is 11.4. The smallest absolute Gasteiger partial charge is 0.415 e. The van der Waals surface area contributed by atoms with Crippen molar-refractivity contribution in [1.82, 2.24) is 4.98 Å². The molecule has 5 heteroatoms. The topological polar surface area (TPSA) is 68.5 Å². The number of rotatable bonds is 1. The van der Waals surface area contributed by atoms with Crippen LogP contribution in [-0.2, 0) is 4.74 Å². The Morgan fingerprint density at radius 1 is 1.30 bits per heavy atom. The van der Waals surface area contributed by atoms with Gasteiger partial charge in [-0.2, -0.15) is 0 Å². The van der Waals surface area contributed by atoms with Gasteiger partial charge >= 0.3 is 6.09 Å². The summed E-state index contributed by atoms with van der Waals surface area (Å²) in [5.74, 6) is 0.553. The van der Waals surface area contributed by atoms with E-state index in [4.69, 9.17) is 10.5 Å². The van der Waals surface area contributed by atoms with Crippen molar-refractivity contribution in [2.75, 3.05) is 17.7 Å². The summed E-state index contributed by atoms with van der Waals surface area (Å²) in [5, 5.41) is 1.79. The van der Waals surface area contributed by atoms with E-state index in [9.17, 15) is 4.79 Å². The van der Waals surface area contributed by atoms with Gasteiger partial charge in [0.1, 0.15) is 11.4 Å². The number of hydrogen-bond acceptors (Lipinski definition) is 4. The lowest BCUT2D eigenvalue weighted by Crippen LogP contribution is -2.34. The summed E-state index contributed by atoms with van der Waals surface area (Å²) in [5.41, 5.74) is 5.90. The maximum Gasteiger partial charge on any atom is 0.415 e. The van der Waals surface area contributed by atoms with E-state index in [0.717, 1.165) is 10.8 Å². The quantitative estimate of drug-likeness (QED) is 0.810. The molecule has 0 radical (unpaired) electrons. The van der Waals surface area contributed by atoms with E-state index in [2.05, 4.69) is 4.98 Å². The lowest BCUT2D eigenvalue weighted by molar-refractivity contribution is 0.0589. The van der Waals surface area contributed by atoms with Crippen LogP contribution in [0.5, 0.6) is 0 Å².